The number of furan rings is 1. The zero-order valence-electron chi connectivity index (χ0n) is 22.3. The largest absolute Gasteiger partial charge is 0.467 e. The summed E-state index contributed by atoms with van der Waals surface area (Å²) in [7, 11) is 0. The predicted octanol–water partition coefficient (Wildman–Crippen LogP) is 7.22. The maximum absolute atomic E-state index is 12.3. The van der Waals surface area contributed by atoms with E-state index in [-0.39, 0.29) is 18.4 Å². The van der Waals surface area contributed by atoms with E-state index in [0.29, 0.717) is 24.4 Å². The van der Waals surface area contributed by atoms with E-state index in [1.165, 1.54) is 83.5 Å². The molecule has 0 unspecified atom stereocenters. The molecule has 1 aromatic carbocycles. The van der Waals surface area contributed by atoms with Gasteiger partial charge in [-0.3, -0.25) is 9.59 Å². The second kappa shape index (κ2) is 19.4. The lowest BCUT2D eigenvalue weighted by molar-refractivity contribution is -0.119. The third-order valence-corrected chi connectivity index (χ3v) is 6.43. The standard InChI is InChI=1S/C30H47N3O3/c1-2-3-4-5-6-7-8-9-10-11-12-13-14-15-21-31-29(34)25-32-27-19-16-18-26(23-27)30(35)33-24-28-20-17-22-36-28/h16-20,22-23,32H,2-15,21,24-25H2,1H3,(H,31,34)(H,33,35). The molecular formula is C30H47N3O3. The summed E-state index contributed by atoms with van der Waals surface area (Å²) in [5.41, 5.74) is 1.28. The van der Waals surface area contributed by atoms with Crippen LogP contribution < -0.4 is 16.0 Å². The average molecular weight is 498 g/mol. The average Bonchev–Trinajstić information content (AvgIpc) is 3.42. The minimum atomic E-state index is -0.183. The van der Waals surface area contributed by atoms with Crippen molar-refractivity contribution in [3.05, 3.63) is 54.0 Å². The van der Waals surface area contributed by atoms with Gasteiger partial charge in [0.25, 0.3) is 5.91 Å². The summed E-state index contributed by atoms with van der Waals surface area (Å²) in [5.74, 6) is 0.489. The van der Waals surface area contributed by atoms with Crippen LogP contribution in [0.4, 0.5) is 5.69 Å². The number of rotatable bonds is 21. The molecular weight excluding hydrogens is 450 g/mol. The first-order valence-corrected chi connectivity index (χ1v) is 14.1. The van der Waals surface area contributed by atoms with Crippen LogP contribution in [0, 0.1) is 0 Å². The van der Waals surface area contributed by atoms with Gasteiger partial charge in [-0.05, 0) is 36.8 Å². The van der Waals surface area contributed by atoms with Gasteiger partial charge in [0.05, 0.1) is 19.4 Å². The minimum absolute atomic E-state index is 0.0302. The Hall–Kier alpha value is -2.76. The molecule has 2 rings (SSSR count). The Bertz CT molecular complexity index is 836. The molecule has 0 saturated heterocycles. The van der Waals surface area contributed by atoms with Crippen molar-refractivity contribution < 1.29 is 14.0 Å². The van der Waals surface area contributed by atoms with Crippen molar-refractivity contribution >= 4 is 17.5 Å². The molecule has 0 bridgehead atoms. The van der Waals surface area contributed by atoms with Crippen molar-refractivity contribution in [1.29, 1.82) is 0 Å². The van der Waals surface area contributed by atoms with Crippen LogP contribution in [0.3, 0.4) is 0 Å². The topological polar surface area (TPSA) is 83.4 Å². The molecule has 0 radical (unpaired) electrons. The third-order valence-electron chi connectivity index (χ3n) is 6.43. The minimum Gasteiger partial charge on any atom is -0.467 e. The summed E-state index contributed by atoms with van der Waals surface area (Å²) in [6, 6.07) is 10.8. The maximum atomic E-state index is 12.3. The molecule has 0 spiro atoms. The Kier molecular flexibility index (Phi) is 15.9. The number of unbranched alkanes of at least 4 members (excludes halogenated alkanes) is 13. The molecule has 2 aromatic rings. The Balaban J connectivity index is 1.43. The molecule has 200 valence electrons. The zero-order chi connectivity index (χ0) is 25.7. The Morgan fingerprint density at radius 1 is 0.750 bits per heavy atom. The monoisotopic (exact) mass is 497 g/mol. The van der Waals surface area contributed by atoms with Crippen LogP contribution in [-0.4, -0.2) is 24.9 Å². The number of nitrogens with one attached hydrogen (secondary N) is 3. The lowest BCUT2D eigenvalue weighted by Gasteiger charge is -2.09. The van der Waals surface area contributed by atoms with Crippen molar-refractivity contribution in [3.8, 4) is 0 Å². The normalized spacial score (nSPS) is 10.8. The molecule has 3 N–H and O–H groups in total. The second-order valence-corrected chi connectivity index (χ2v) is 9.64. The second-order valence-electron chi connectivity index (χ2n) is 9.64. The summed E-state index contributed by atoms with van der Waals surface area (Å²) in [5, 5.41) is 8.90. The predicted molar refractivity (Wildman–Crippen MR) is 148 cm³/mol. The van der Waals surface area contributed by atoms with Crippen LogP contribution in [0.15, 0.2) is 47.1 Å². The van der Waals surface area contributed by atoms with E-state index in [0.717, 1.165) is 12.1 Å². The molecule has 0 fully saturated rings. The van der Waals surface area contributed by atoms with E-state index in [2.05, 4.69) is 22.9 Å². The fourth-order valence-corrected chi connectivity index (χ4v) is 4.25. The van der Waals surface area contributed by atoms with Crippen LogP contribution in [-0.2, 0) is 11.3 Å². The molecule has 0 aliphatic rings. The van der Waals surface area contributed by atoms with Gasteiger partial charge in [-0.15, -0.1) is 0 Å². The number of carbonyl (C=O) groups is 2. The molecule has 0 aliphatic heterocycles. The summed E-state index contributed by atoms with van der Waals surface area (Å²) >= 11 is 0. The van der Waals surface area contributed by atoms with Gasteiger partial charge in [0, 0.05) is 17.8 Å². The van der Waals surface area contributed by atoms with Gasteiger partial charge in [0.15, 0.2) is 0 Å². The molecule has 0 saturated carbocycles. The fraction of sp³-hybridized carbons (Fsp3) is 0.600. The number of hydrogen-bond acceptors (Lipinski definition) is 4. The first kappa shape index (κ1) is 29.5. The summed E-state index contributed by atoms with van der Waals surface area (Å²) in [4.78, 5) is 24.5. The molecule has 0 atom stereocenters. The summed E-state index contributed by atoms with van der Waals surface area (Å²) in [6.07, 6.45) is 20.2. The summed E-state index contributed by atoms with van der Waals surface area (Å²) < 4.78 is 5.23. The molecule has 1 aromatic heterocycles. The highest BCUT2D eigenvalue weighted by molar-refractivity contribution is 5.95. The van der Waals surface area contributed by atoms with Gasteiger partial charge in [-0.25, -0.2) is 0 Å². The quantitative estimate of drug-likeness (QED) is 0.159. The number of benzene rings is 1. The van der Waals surface area contributed by atoms with Crippen molar-refractivity contribution in [2.75, 3.05) is 18.4 Å². The molecule has 0 aliphatic carbocycles. The lowest BCUT2D eigenvalue weighted by atomic mass is 10.0. The van der Waals surface area contributed by atoms with Crippen molar-refractivity contribution in [2.24, 2.45) is 0 Å². The van der Waals surface area contributed by atoms with E-state index in [4.69, 9.17) is 4.42 Å². The molecule has 2 amide bonds. The van der Waals surface area contributed by atoms with Gasteiger partial charge in [-0.2, -0.15) is 0 Å². The molecule has 6 heteroatoms. The summed E-state index contributed by atoms with van der Waals surface area (Å²) in [6.45, 7) is 3.52. The fourth-order valence-electron chi connectivity index (χ4n) is 4.25. The van der Waals surface area contributed by atoms with E-state index < -0.39 is 0 Å². The Morgan fingerprint density at radius 2 is 1.39 bits per heavy atom. The first-order chi connectivity index (χ1) is 17.7. The van der Waals surface area contributed by atoms with Gasteiger partial charge in [-0.1, -0.05) is 96.5 Å². The Labute approximate surface area is 218 Å². The number of hydrogen-bond donors (Lipinski definition) is 3. The van der Waals surface area contributed by atoms with Gasteiger partial charge in [0.2, 0.25) is 5.91 Å². The van der Waals surface area contributed by atoms with E-state index in [1.807, 2.05) is 12.1 Å². The zero-order valence-corrected chi connectivity index (χ0v) is 22.3. The highest BCUT2D eigenvalue weighted by Gasteiger charge is 2.08. The maximum Gasteiger partial charge on any atom is 0.251 e. The highest BCUT2D eigenvalue weighted by atomic mass is 16.3. The Morgan fingerprint density at radius 3 is 2.00 bits per heavy atom. The highest BCUT2D eigenvalue weighted by Crippen LogP contribution is 2.13. The van der Waals surface area contributed by atoms with Crippen LogP contribution in [0.1, 0.15) is 113 Å². The van der Waals surface area contributed by atoms with E-state index in [1.54, 1.807) is 30.5 Å². The molecule has 36 heavy (non-hydrogen) atoms. The van der Waals surface area contributed by atoms with Crippen LogP contribution in [0.2, 0.25) is 0 Å². The first-order valence-electron chi connectivity index (χ1n) is 14.1. The van der Waals surface area contributed by atoms with Crippen LogP contribution >= 0.6 is 0 Å². The van der Waals surface area contributed by atoms with E-state index in [9.17, 15) is 9.59 Å². The van der Waals surface area contributed by atoms with Gasteiger partial charge >= 0.3 is 0 Å². The SMILES string of the molecule is CCCCCCCCCCCCCCCCNC(=O)CNc1cccc(C(=O)NCc2ccco2)c1. The van der Waals surface area contributed by atoms with Crippen LogP contribution in [0.5, 0.6) is 0 Å². The van der Waals surface area contributed by atoms with Gasteiger partial charge in [0.1, 0.15) is 5.76 Å². The van der Waals surface area contributed by atoms with E-state index >= 15 is 0 Å². The van der Waals surface area contributed by atoms with Gasteiger partial charge < -0.3 is 20.4 Å². The smallest absolute Gasteiger partial charge is 0.251 e. The number of anilines is 1. The molecule has 6 nitrogen and oxygen atoms in total. The molecule has 1 heterocycles. The third kappa shape index (κ3) is 14.0. The number of carbonyl (C=O) groups excluding carboxylic acids is 2. The van der Waals surface area contributed by atoms with Crippen molar-refractivity contribution in [3.63, 3.8) is 0 Å². The lowest BCUT2D eigenvalue weighted by Crippen LogP contribution is -2.30. The van der Waals surface area contributed by atoms with Crippen LogP contribution in [0.25, 0.3) is 0 Å². The van der Waals surface area contributed by atoms with Crippen molar-refractivity contribution in [1.82, 2.24) is 10.6 Å². The number of amides is 2. The van der Waals surface area contributed by atoms with Crippen molar-refractivity contribution in [2.45, 2.75) is 103 Å².